The summed E-state index contributed by atoms with van der Waals surface area (Å²) in [5, 5.41) is 0. The zero-order valence-corrected chi connectivity index (χ0v) is 18.6. The van der Waals surface area contributed by atoms with Crippen molar-refractivity contribution in [2.24, 2.45) is 0 Å². The van der Waals surface area contributed by atoms with Crippen molar-refractivity contribution in [3.8, 4) is 11.5 Å². The number of benzene rings is 2. The fourth-order valence-electron chi connectivity index (χ4n) is 4.39. The summed E-state index contributed by atoms with van der Waals surface area (Å²) >= 11 is 0. The highest BCUT2D eigenvalue weighted by Crippen LogP contribution is 2.24. The van der Waals surface area contributed by atoms with Crippen LogP contribution in [0.15, 0.2) is 48.5 Å². The average molecular weight is 437 g/mol. The van der Waals surface area contributed by atoms with Crippen LogP contribution in [-0.4, -0.2) is 73.8 Å². The van der Waals surface area contributed by atoms with Crippen LogP contribution in [-0.2, 0) is 0 Å². The third kappa shape index (κ3) is 5.75. The lowest BCUT2D eigenvalue weighted by Crippen LogP contribution is -2.26. The summed E-state index contributed by atoms with van der Waals surface area (Å²) in [5.41, 5.74) is 0.594. The van der Waals surface area contributed by atoms with Gasteiger partial charge in [0.2, 0.25) is 11.6 Å². The van der Waals surface area contributed by atoms with Crippen LogP contribution >= 0.6 is 0 Å². The Morgan fingerprint density at radius 3 is 1.41 bits per heavy atom. The summed E-state index contributed by atoms with van der Waals surface area (Å²) in [5.74, 6) is -0.232. The highest BCUT2D eigenvalue weighted by molar-refractivity contribution is 6.50. The van der Waals surface area contributed by atoms with E-state index in [0.29, 0.717) is 35.8 Å². The normalized spacial score (nSPS) is 16.9. The Morgan fingerprint density at radius 2 is 1.00 bits per heavy atom. The van der Waals surface area contributed by atoms with E-state index in [1.165, 1.54) is 25.7 Å². The van der Waals surface area contributed by atoms with Gasteiger partial charge in [-0.3, -0.25) is 19.4 Å². The highest BCUT2D eigenvalue weighted by atomic mass is 16.5. The fourth-order valence-corrected chi connectivity index (χ4v) is 4.39. The van der Waals surface area contributed by atoms with Gasteiger partial charge in [-0.05, 0) is 76.1 Å². The van der Waals surface area contributed by atoms with Crippen molar-refractivity contribution in [1.29, 1.82) is 0 Å². The van der Waals surface area contributed by atoms with Gasteiger partial charge in [-0.25, -0.2) is 0 Å². The van der Waals surface area contributed by atoms with Gasteiger partial charge in [-0.1, -0.05) is 24.3 Å². The monoisotopic (exact) mass is 436 g/mol. The van der Waals surface area contributed by atoms with Crippen LogP contribution in [0.25, 0.3) is 0 Å². The number of carbonyl (C=O) groups excluding carboxylic acids is 2. The second-order valence-electron chi connectivity index (χ2n) is 8.44. The molecule has 0 aromatic heterocycles. The third-order valence-electron chi connectivity index (χ3n) is 6.20. The predicted octanol–water partition coefficient (Wildman–Crippen LogP) is 3.70. The van der Waals surface area contributed by atoms with E-state index in [4.69, 9.17) is 9.47 Å². The van der Waals surface area contributed by atoms with Gasteiger partial charge in [0.15, 0.2) is 0 Å². The summed E-state index contributed by atoms with van der Waals surface area (Å²) in [6.07, 6.45) is 4.90. The van der Waals surface area contributed by atoms with Gasteiger partial charge in [0.05, 0.1) is 11.1 Å². The molecule has 0 spiro atoms. The molecule has 0 atom stereocenters. The largest absolute Gasteiger partial charge is 0.491 e. The minimum atomic E-state index is -0.572. The first kappa shape index (κ1) is 22.5. The summed E-state index contributed by atoms with van der Waals surface area (Å²) in [6, 6.07) is 14.0. The van der Waals surface area contributed by atoms with Crippen molar-refractivity contribution < 1.29 is 19.1 Å². The SMILES string of the molecule is O=C(C(=O)c1ccccc1OCCN1CCCC1)c1ccccc1OCCN1CCCC1. The molecule has 170 valence electrons. The van der Waals surface area contributed by atoms with Crippen LogP contribution in [0, 0.1) is 0 Å². The Kier molecular flexibility index (Phi) is 7.91. The quantitative estimate of drug-likeness (QED) is 0.395. The minimum Gasteiger partial charge on any atom is -0.491 e. The lowest BCUT2D eigenvalue weighted by Gasteiger charge is -2.17. The number of likely N-dealkylation sites (tertiary alicyclic amines) is 2. The lowest BCUT2D eigenvalue weighted by atomic mass is 10.00. The molecule has 2 aliphatic rings. The van der Waals surface area contributed by atoms with Gasteiger partial charge in [-0.2, -0.15) is 0 Å². The first-order valence-electron chi connectivity index (χ1n) is 11.7. The molecule has 0 aliphatic carbocycles. The molecule has 0 amide bonds. The van der Waals surface area contributed by atoms with E-state index in [-0.39, 0.29) is 0 Å². The van der Waals surface area contributed by atoms with Crippen molar-refractivity contribution >= 4 is 11.6 Å². The molecule has 2 aromatic carbocycles. The van der Waals surface area contributed by atoms with Gasteiger partial charge in [0.25, 0.3) is 0 Å². The maximum atomic E-state index is 13.1. The van der Waals surface area contributed by atoms with Crippen LogP contribution in [0.1, 0.15) is 46.4 Å². The number of Topliss-reactive ketones (excluding diaryl/α,β-unsaturated/α-hetero) is 2. The molecule has 2 heterocycles. The molecule has 0 bridgehead atoms. The maximum absolute atomic E-state index is 13.1. The second-order valence-corrected chi connectivity index (χ2v) is 8.44. The molecule has 6 heteroatoms. The topological polar surface area (TPSA) is 59.1 Å². The molecule has 2 saturated heterocycles. The van der Waals surface area contributed by atoms with Gasteiger partial charge in [-0.15, -0.1) is 0 Å². The standard InChI is InChI=1S/C26H32N2O4/c29-25(21-9-1-3-11-23(21)31-19-17-27-13-5-6-14-27)26(30)22-10-2-4-12-24(22)32-20-18-28-15-7-8-16-28/h1-4,9-12H,5-8,13-20H2. The van der Waals surface area contributed by atoms with Crippen molar-refractivity contribution in [1.82, 2.24) is 9.80 Å². The summed E-state index contributed by atoms with van der Waals surface area (Å²) < 4.78 is 11.8. The Hall–Kier alpha value is -2.70. The van der Waals surface area contributed by atoms with E-state index in [1.807, 2.05) is 12.1 Å². The Morgan fingerprint density at radius 1 is 0.625 bits per heavy atom. The molecule has 0 saturated carbocycles. The number of ketones is 2. The first-order chi connectivity index (χ1) is 15.7. The molecule has 2 fully saturated rings. The van der Waals surface area contributed by atoms with Crippen molar-refractivity contribution in [2.45, 2.75) is 25.7 Å². The van der Waals surface area contributed by atoms with Gasteiger partial charge >= 0.3 is 0 Å². The number of hydrogen-bond acceptors (Lipinski definition) is 6. The molecule has 32 heavy (non-hydrogen) atoms. The number of rotatable bonds is 11. The zero-order valence-electron chi connectivity index (χ0n) is 18.6. The summed E-state index contributed by atoms with van der Waals surface area (Å²) in [4.78, 5) is 30.9. The smallest absolute Gasteiger partial charge is 0.237 e. The third-order valence-corrected chi connectivity index (χ3v) is 6.20. The molecule has 0 N–H and O–H groups in total. The van der Waals surface area contributed by atoms with E-state index in [0.717, 1.165) is 39.3 Å². The van der Waals surface area contributed by atoms with E-state index >= 15 is 0 Å². The van der Waals surface area contributed by atoms with Crippen LogP contribution in [0.2, 0.25) is 0 Å². The molecule has 0 unspecified atom stereocenters. The van der Waals surface area contributed by atoms with Gasteiger partial charge in [0, 0.05) is 13.1 Å². The molecule has 2 aromatic rings. The Balaban J connectivity index is 1.40. The van der Waals surface area contributed by atoms with E-state index in [9.17, 15) is 9.59 Å². The first-order valence-corrected chi connectivity index (χ1v) is 11.7. The number of para-hydroxylation sites is 2. The molecule has 6 nitrogen and oxygen atoms in total. The fraction of sp³-hybridized carbons (Fsp3) is 0.462. The highest BCUT2D eigenvalue weighted by Gasteiger charge is 2.25. The number of nitrogens with zero attached hydrogens (tertiary/aromatic N) is 2. The van der Waals surface area contributed by atoms with Crippen LogP contribution < -0.4 is 9.47 Å². The number of hydrogen-bond donors (Lipinski definition) is 0. The van der Waals surface area contributed by atoms with Crippen LogP contribution in [0.5, 0.6) is 11.5 Å². The van der Waals surface area contributed by atoms with E-state index in [1.54, 1.807) is 36.4 Å². The zero-order chi connectivity index (χ0) is 22.2. The van der Waals surface area contributed by atoms with Gasteiger partial charge in [0.1, 0.15) is 24.7 Å². The van der Waals surface area contributed by atoms with Crippen molar-refractivity contribution in [2.75, 3.05) is 52.5 Å². The van der Waals surface area contributed by atoms with Gasteiger partial charge < -0.3 is 9.47 Å². The minimum absolute atomic E-state index is 0.297. The molecule has 0 radical (unpaired) electrons. The van der Waals surface area contributed by atoms with Crippen molar-refractivity contribution in [3.05, 3.63) is 59.7 Å². The van der Waals surface area contributed by atoms with Crippen LogP contribution in [0.3, 0.4) is 0 Å². The molecule has 2 aliphatic heterocycles. The Labute approximate surface area is 190 Å². The maximum Gasteiger partial charge on any atom is 0.237 e. The predicted molar refractivity (Wildman–Crippen MR) is 124 cm³/mol. The van der Waals surface area contributed by atoms with E-state index < -0.39 is 11.6 Å². The number of ether oxygens (including phenoxy) is 2. The summed E-state index contributed by atoms with van der Waals surface area (Å²) in [6.45, 7) is 7.01. The second kappa shape index (κ2) is 11.2. The molecular formula is C26H32N2O4. The average Bonchev–Trinajstić information content (AvgIpc) is 3.53. The number of carbonyl (C=O) groups is 2. The lowest BCUT2D eigenvalue weighted by molar-refractivity contribution is 0.0811. The molecular weight excluding hydrogens is 404 g/mol. The summed E-state index contributed by atoms with van der Waals surface area (Å²) in [7, 11) is 0. The Bertz CT molecular complexity index is 842. The van der Waals surface area contributed by atoms with Crippen LogP contribution in [0.4, 0.5) is 0 Å². The van der Waals surface area contributed by atoms with Crippen molar-refractivity contribution in [3.63, 3.8) is 0 Å². The molecule has 4 rings (SSSR count). The van der Waals surface area contributed by atoms with E-state index in [2.05, 4.69) is 9.80 Å².